The van der Waals surface area contributed by atoms with Gasteiger partial charge in [-0.15, -0.1) is 0 Å². The van der Waals surface area contributed by atoms with Crippen molar-refractivity contribution in [3.8, 4) is 0 Å². The molecule has 2 aliphatic carbocycles. The monoisotopic (exact) mass is 166 g/mol. The van der Waals surface area contributed by atoms with Crippen LogP contribution in [0.5, 0.6) is 0 Å². The molecule has 0 saturated heterocycles. The van der Waals surface area contributed by atoms with Gasteiger partial charge in [-0.1, -0.05) is 13.8 Å². The molecule has 2 aliphatic rings. The van der Waals surface area contributed by atoms with Crippen molar-refractivity contribution >= 4 is 5.78 Å². The number of rotatable bonds is 1. The normalized spacial score (nSPS) is 35.2. The van der Waals surface area contributed by atoms with Gasteiger partial charge in [-0.3, -0.25) is 4.79 Å². The maximum Gasteiger partial charge on any atom is 0.138 e. The van der Waals surface area contributed by atoms with Crippen molar-refractivity contribution < 1.29 is 4.79 Å². The van der Waals surface area contributed by atoms with Gasteiger partial charge in [0.05, 0.1) is 0 Å². The van der Waals surface area contributed by atoms with Crippen LogP contribution < -0.4 is 0 Å². The van der Waals surface area contributed by atoms with Crippen LogP contribution in [0.15, 0.2) is 0 Å². The summed E-state index contributed by atoms with van der Waals surface area (Å²) in [4.78, 5) is 11.7. The molecule has 0 aromatic carbocycles. The Balaban J connectivity index is 2.14. The fourth-order valence-electron chi connectivity index (χ4n) is 2.70. The van der Waals surface area contributed by atoms with E-state index in [9.17, 15) is 4.79 Å². The first-order valence-corrected chi connectivity index (χ1v) is 5.15. The predicted molar refractivity (Wildman–Crippen MR) is 48.9 cm³/mol. The van der Waals surface area contributed by atoms with E-state index in [1.807, 2.05) is 0 Å². The Morgan fingerprint density at radius 1 is 1.25 bits per heavy atom. The summed E-state index contributed by atoms with van der Waals surface area (Å²) in [5, 5.41) is 0. The van der Waals surface area contributed by atoms with Crippen LogP contribution in [0, 0.1) is 17.3 Å². The number of ketones is 1. The molecule has 12 heavy (non-hydrogen) atoms. The molecular formula is C11H18O. The van der Waals surface area contributed by atoms with Crippen LogP contribution in [0.3, 0.4) is 0 Å². The Bertz CT molecular complexity index is 201. The fourth-order valence-corrected chi connectivity index (χ4v) is 2.70. The van der Waals surface area contributed by atoms with E-state index in [4.69, 9.17) is 0 Å². The van der Waals surface area contributed by atoms with Gasteiger partial charge < -0.3 is 0 Å². The Hall–Kier alpha value is -0.330. The van der Waals surface area contributed by atoms with E-state index in [2.05, 4.69) is 13.8 Å². The molecule has 0 spiro atoms. The molecule has 0 aromatic heterocycles. The molecule has 0 aromatic rings. The van der Waals surface area contributed by atoms with Gasteiger partial charge in [0.25, 0.3) is 0 Å². The zero-order valence-electron chi connectivity index (χ0n) is 8.10. The van der Waals surface area contributed by atoms with Crippen LogP contribution in [-0.2, 0) is 4.79 Å². The third-order valence-corrected chi connectivity index (χ3v) is 3.76. The molecule has 68 valence electrons. The maximum absolute atomic E-state index is 11.7. The highest BCUT2D eigenvalue weighted by Gasteiger charge is 2.46. The average molecular weight is 166 g/mol. The van der Waals surface area contributed by atoms with E-state index in [1.165, 1.54) is 19.3 Å². The van der Waals surface area contributed by atoms with Crippen LogP contribution in [0.4, 0.5) is 0 Å². The molecule has 1 unspecified atom stereocenters. The van der Waals surface area contributed by atoms with Crippen molar-refractivity contribution in [3.05, 3.63) is 0 Å². The van der Waals surface area contributed by atoms with E-state index >= 15 is 0 Å². The van der Waals surface area contributed by atoms with Crippen LogP contribution in [0.1, 0.15) is 46.0 Å². The van der Waals surface area contributed by atoms with Crippen LogP contribution in [0.25, 0.3) is 0 Å². The minimum Gasteiger partial charge on any atom is -0.299 e. The van der Waals surface area contributed by atoms with Crippen LogP contribution >= 0.6 is 0 Å². The lowest BCUT2D eigenvalue weighted by atomic mass is 9.66. The van der Waals surface area contributed by atoms with Gasteiger partial charge in [0.1, 0.15) is 5.78 Å². The molecule has 1 atom stereocenters. The summed E-state index contributed by atoms with van der Waals surface area (Å²) in [5.74, 6) is 2.11. The first-order chi connectivity index (χ1) is 5.62. The molecule has 0 aliphatic heterocycles. The topological polar surface area (TPSA) is 17.1 Å². The first kappa shape index (κ1) is 8.28. The summed E-state index contributed by atoms with van der Waals surface area (Å²) in [7, 11) is 0. The molecule has 0 heterocycles. The molecular weight excluding hydrogens is 148 g/mol. The van der Waals surface area contributed by atoms with Gasteiger partial charge in [-0.2, -0.15) is 0 Å². The quantitative estimate of drug-likeness (QED) is 0.585. The van der Waals surface area contributed by atoms with Crippen molar-refractivity contribution in [2.75, 3.05) is 0 Å². The molecule has 2 saturated carbocycles. The molecule has 1 nitrogen and oxygen atoms in total. The van der Waals surface area contributed by atoms with E-state index in [0.29, 0.717) is 11.7 Å². The van der Waals surface area contributed by atoms with Gasteiger partial charge >= 0.3 is 0 Å². The van der Waals surface area contributed by atoms with E-state index in [1.54, 1.807) is 0 Å². The lowest BCUT2D eigenvalue weighted by molar-refractivity contribution is -0.133. The maximum atomic E-state index is 11.7. The molecule has 0 amide bonds. The molecule has 2 rings (SSSR count). The summed E-state index contributed by atoms with van der Waals surface area (Å²) in [6.45, 7) is 4.30. The van der Waals surface area contributed by atoms with E-state index < -0.39 is 0 Å². The standard InChI is InChI=1S/C11H18O/c1-11(2)9(8-6-7-8)4-3-5-10(11)12/h8-9H,3-7H2,1-2H3. The first-order valence-electron chi connectivity index (χ1n) is 5.15. The second-order valence-electron chi connectivity index (χ2n) is 4.98. The summed E-state index contributed by atoms with van der Waals surface area (Å²) >= 11 is 0. The third-order valence-electron chi connectivity index (χ3n) is 3.76. The summed E-state index contributed by atoms with van der Waals surface area (Å²) in [6.07, 6.45) is 6.02. The smallest absolute Gasteiger partial charge is 0.138 e. The summed E-state index contributed by atoms with van der Waals surface area (Å²) < 4.78 is 0. The van der Waals surface area contributed by atoms with Crippen LogP contribution in [0.2, 0.25) is 0 Å². The Kier molecular flexibility index (Phi) is 1.78. The van der Waals surface area contributed by atoms with Crippen molar-refractivity contribution in [3.63, 3.8) is 0 Å². The summed E-state index contributed by atoms with van der Waals surface area (Å²) in [6, 6.07) is 0. The minimum atomic E-state index is -0.000579. The van der Waals surface area contributed by atoms with Crippen molar-refractivity contribution in [1.29, 1.82) is 0 Å². The van der Waals surface area contributed by atoms with Crippen LogP contribution in [-0.4, -0.2) is 5.78 Å². The third kappa shape index (κ3) is 1.19. The highest BCUT2D eigenvalue weighted by atomic mass is 16.1. The number of carbonyl (C=O) groups is 1. The van der Waals surface area contributed by atoms with Gasteiger partial charge in [0, 0.05) is 11.8 Å². The second kappa shape index (κ2) is 2.58. The molecule has 2 fully saturated rings. The highest BCUT2D eigenvalue weighted by molar-refractivity contribution is 5.85. The van der Waals surface area contributed by atoms with E-state index in [0.717, 1.165) is 18.8 Å². The van der Waals surface area contributed by atoms with Gasteiger partial charge in [0.2, 0.25) is 0 Å². The van der Waals surface area contributed by atoms with Gasteiger partial charge in [-0.25, -0.2) is 0 Å². The fraction of sp³-hybridized carbons (Fsp3) is 0.909. The van der Waals surface area contributed by atoms with Crippen molar-refractivity contribution in [2.45, 2.75) is 46.0 Å². The lowest BCUT2D eigenvalue weighted by Crippen LogP contribution is -2.37. The predicted octanol–water partition coefficient (Wildman–Crippen LogP) is 2.79. The summed E-state index contributed by atoms with van der Waals surface area (Å²) in [5.41, 5.74) is -0.000579. The number of Topliss-reactive ketones (excluding diaryl/α,β-unsaturated/α-hetero) is 1. The second-order valence-corrected chi connectivity index (χ2v) is 4.98. The zero-order valence-corrected chi connectivity index (χ0v) is 8.10. The van der Waals surface area contributed by atoms with Gasteiger partial charge in [0.15, 0.2) is 0 Å². The Labute approximate surface area is 74.5 Å². The number of hydrogen-bond acceptors (Lipinski definition) is 1. The largest absolute Gasteiger partial charge is 0.299 e. The van der Waals surface area contributed by atoms with Crippen molar-refractivity contribution in [2.24, 2.45) is 17.3 Å². The molecule has 1 heteroatoms. The highest BCUT2D eigenvalue weighted by Crippen LogP contribution is 2.50. The molecule has 0 bridgehead atoms. The van der Waals surface area contributed by atoms with Gasteiger partial charge in [-0.05, 0) is 37.5 Å². The Morgan fingerprint density at radius 3 is 2.50 bits per heavy atom. The SMILES string of the molecule is CC1(C)C(=O)CCCC1C1CC1. The minimum absolute atomic E-state index is 0.000579. The molecule has 0 radical (unpaired) electrons. The average Bonchev–Trinajstić information content (AvgIpc) is 2.77. The van der Waals surface area contributed by atoms with Crippen molar-refractivity contribution in [1.82, 2.24) is 0 Å². The number of hydrogen-bond donors (Lipinski definition) is 0. The zero-order chi connectivity index (χ0) is 8.77. The molecule has 0 N–H and O–H groups in total. The Morgan fingerprint density at radius 2 is 1.92 bits per heavy atom. The lowest BCUT2D eigenvalue weighted by Gasteiger charge is -2.37. The van der Waals surface area contributed by atoms with E-state index in [-0.39, 0.29) is 5.41 Å². The number of carbonyl (C=O) groups excluding carboxylic acids is 1.